The van der Waals surface area contributed by atoms with Crippen LogP contribution in [0.3, 0.4) is 0 Å². The Hall–Kier alpha value is -3.39. The van der Waals surface area contributed by atoms with Crippen molar-refractivity contribution in [2.75, 3.05) is 50.1 Å². The van der Waals surface area contributed by atoms with Crippen LogP contribution < -0.4 is 25.3 Å². The maximum atomic E-state index is 15.5. The zero-order chi connectivity index (χ0) is 25.0. The number of likely N-dealkylation sites (N-methyl/N-ethyl adjacent to an activating group) is 1. The van der Waals surface area contributed by atoms with E-state index in [2.05, 4.69) is 12.4 Å². The van der Waals surface area contributed by atoms with Crippen LogP contribution in [-0.4, -0.2) is 50.3 Å². The van der Waals surface area contributed by atoms with Crippen LogP contribution in [0.1, 0.15) is 40.0 Å². The Balaban J connectivity index is 1.64. The van der Waals surface area contributed by atoms with Gasteiger partial charge in [0.15, 0.2) is 11.6 Å². The van der Waals surface area contributed by atoms with Crippen LogP contribution in [-0.2, 0) is 0 Å². The van der Waals surface area contributed by atoms with E-state index in [9.17, 15) is 9.59 Å². The summed E-state index contributed by atoms with van der Waals surface area (Å²) >= 11 is 0. The molecule has 0 spiro atoms. The summed E-state index contributed by atoms with van der Waals surface area (Å²) in [5.74, 6) is -0.595. The Morgan fingerprint density at radius 2 is 1.80 bits per heavy atom. The van der Waals surface area contributed by atoms with Crippen molar-refractivity contribution in [3.8, 4) is 5.75 Å². The molecule has 35 heavy (non-hydrogen) atoms. The molecule has 8 heteroatoms. The molecule has 0 saturated carbocycles. The summed E-state index contributed by atoms with van der Waals surface area (Å²) in [5.41, 5.74) is 4.09. The lowest BCUT2D eigenvalue weighted by Gasteiger charge is -2.35. The second-order valence-electron chi connectivity index (χ2n) is 10.0. The number of nitrogens with zero attached hydrogens (tertiary/aromatic N) is 2. The first-order valence-electron chi connectivity index (χ1n) is 12.1. The Morgan fingerprint density at radius 3 is 2.46 bits per heavy atom. The van der Waals surface area contributed by atoms with Gasteiger partial charge >= 0.3 is 0 Å². The van der Waals surface area contributed by atoms with Crippen molar-refractivity contribution in [2.45, 2.75) is 33.7 Å². The second-order valence-corrected chi connectivity index (χ2v) is 10.0. The molecule has 2 aliphatic rings. The summed E-state index contributed by atoms with van der Waals surface area (Å²) in [4.78, 5) is 30.2. The standard InChI is InChI=1S/C27H31FN4O3/c1-15-10-16(2)22(17(3)11-15)29-27(34)20-13-32-18(4)14-35-26-23(32)19(25(20)33)12-21(28)24(26)31-8-6-30(5)7-9-31/h10-13,18H,6-9,14H2,1-5H3,(H,29,34)/p+1/t18-/m1/s1. The lowest BCUT2D eigenvalue weighted by atomic mass is 10.0. The largest absolute Gasteiger partial charge is 0.487 e. The van der Waals surface area contributed by atoms with Gasteiger partial charge in [-0.25, -0.2) is 4.39 Å². The summed E-state index contributed by atoms with van der Waals surface area (Å²) in [6.07, 6.45) is 1.60. The molecule has 1 fully saturated rings. The van der Waals surface area contributed by atoms with Gasteiger partial charge in [-0.05, 0) is 44.9 Å². The number of carbonyl (C=O) groups is 1. The number of amides is 1. The minimum atomic E-state index is -0.498. The average molecular weight is 480 g/mol. The normalized spacial score (nSPS) is 18.0. The summed E-state index contributed by atoms with van der Waals surface area (Å²) < 4.78 is 23.5. The number of aryl methyl sites for hydroxylation is 3. The van der Waals surface area contributed by atoms with Crippen molar-refractivity contribution < 1.29 is 18.8 Å². The highest BCUT2D eigenvalue weighted by Gasteiger charge is 2.31. The molecule has 3 aromatic rings. The first kappa shape index (κ1) is 23.4. The van der Waals surface area contributed by atoms with Crippen LogP contribution >= 0.6 is 0 Å². The fraction of sp³-hybridized carbons (Fsp3) is 0.407. The summed E-state index contributed by atoms with van der Waals surface area (Å²) in [5, 5.41) is 3.08. The number of halogens is 1. The maximum Gasteiger partial charge on any atom is 0.261 e. The van der Waals surface area contributed by atoms with E-state index in [4.69, 9.17) is 4.74 Å². The molecule has 2 aliphatic heterocycles. The van der Waals surface area contributed by atoms with Crippen LogP contribution in [0.15, 0.2) is 29.2 Å². The fourth-order valence-electron chi connectivity index (χ4n) is 5.34. The van der Waals surface area contributed by atoms with Crippen LogP contribution in [0.25, 0.3) is 10.9 Å². The van der Waals surface area contributed by atoms with Crippen LogP contribution in [0.5, 0.6) is 5.75 Å². The van der Waals surface area contributed by atoms with E-state index in [1.54, 1.807) is 6.20 Å². The summed E-state index contributed by atoms with van der Waals surface area (Å²) in [6, 6.07) is 5.14. The first-order chi connectivity index (χ1) is 16.7. The van der Waals surface area contributed by atoms with Crippen molar-refractivity contribution in [3.05, 3.63) is 62.7 Å². The predicted octanol–water partition coefficient (Wildman–Crippen LogP) is 2.61. The highest BCUT2D eigenvalue weighted by Crippen LogP contribution is 2.41. The fourth-order valence-corrected chi connectivity index (χ4v) is 5.34. The summed E-state index contributed by atoms with van der Waals surface area (Å²) in [6.45, 7) is 11.4. The average Bonchev–Trinajstić information content (AvgIpc) is 2.80. The van der Waals surface area contributed by atoms with Gasteiger partial charge in [0.1, 0.15) is 17.9 Å². The molecular weight excluding hydrogens is 447 g/mol. The molecule has 2 N–H and O–H groups in total. The van der Waals surface area contributed by atoms with Crippen molar-refractivity contribution in [2.24, 2.45) is 0 Å². The van der Waals surface area contributed by atoms with Gasteiger partial charge in [0.05, 0.1) is 50.2 Å². The Labute approximate surface area is 204 Å². The molecule has 5 rings (SSSR count). The minimum Gasteiger partial charge on any atom is -0.487 e. The van der Waals surface area contributed by atoms with Crippen molar-refractivity contribution in [3.63, 3.8) is 0 Å². The third-order valence-corrected chi connectivity index (χ3v) is 7.24. The highest BCUT2D eigenvalue weighted by atomic mass is 19.1. The van der Waals surface area contributed by atoms with E-state index in [1.807, 2.05) is 49.3 Å². The van der Waals surface area contributed by atoms with Gasteiger partial charge in [-0.15, -0.1) is 0 Å². The molecule has 0 aliphatic carbocycles. The van der Waals surface area contributed by atoms with Gasteiger partial charge in [0.25, 0.3) is 5.91 Å². The number of benzene rings is 2. The molecule has 1 atom stereocenters. The van der Waals surface area contributed by atoms with Crippen LogP contribution in [0.2, 0.25) is 0 Å². The minimum absolute atomic E-state index is 0.00748. The number of hydrogen-bond acceptors (Lipinski definition) is 4. The molecule has 0 bridgehead atoms. The molecule has 0 radical (unpaired) electrons. The number of anilines is 2. The predicted molar refractivity (Wildman–Crippen MR) is 136 cm³/mol. The molecule has 2 aromatic carbocycles. The van der Waals surface area contributed by atoms with Gasteiger partial charge in [-0.2, -0.15) is 0 Å². The van der Waals surface area contributed by atoms with E-state index in [0.717, 1.165) is 29.8 Å². The number of nitrogens with one attached hydrogen (secondary N) is 2. The summed E-state index contributed by atoms with van der Waals surface area (Å²) in [7, 11) is 2.13. The smallest absolute Gasteiger partial charge is 0.261 e. The van der Waals surface area contributed by atoms with E-state index >= 15 is 4.39 Å². The zero-order valence-corrected chi connectivity index (χ0v) is 20.9. The van der Waals surface area contributed by atoms with Crippen molar-refractivity contribution >= 4 is 28.2 Å². The number of carbonyl (C=O) groups excluding carboxylic acids is 1. The van der Waals surface area contributed by atoms with Crippen molar-refractivity contribution in [1.82, 2.24) is 4.57 Å². The highest BCUT2D eigenvalue weighted by molar-refractivity contribution is 6.07. The Morgan fingerprint density at radius 1 is 1.14 bits per heavy atom. The third-order valence-electron chi connectivity index (χ3n) is 7.24. The molecule has 3 heterocycles. The molecule has 1 amide bonds. The van der Waals surface area contributed by atoms with E-state index in [0.29, 0.717) is 42.3 Å². The van der Waals surface area contributed by atoms with Gasteiger partial charge in [-0.1, -0.05) is 17.7 Å². The topological polar surface area (TPSA) is 68.0 Å². The van der Waals surface area contributed by atoms with Crippen LogP contribution in [0, 0.1) is 26.6 Å². The number of rotatable bonds is 3. The van der Waals surface area contributed by atoms with Gasteiger partial charge < -0.3 is 24.4 Å². The lowest BCUT2D eigenvalue weighted by molar-refractivity contribution is -0.880. The van der Waals surface area contributed by atoms with Gasteiger partial charge in [-0.3, -0.25) is 9.59 Å². The van der Waals surface area contributed by atoms with Crippen molar-refractivity contribution in [1.29, 1.82) is 0 Å². The number of hydrogen-bond donors (Lipinski definition) is 2. The monoisotopic (exact) mass is 479 g/mol. The van der Waals surface area contributed by atoms with Gasteiger partial charge in [0.2, 0.25) is 5.43 Å². The lowest BCUT2D eigenvalue weighted by Crippen LogP contribution is -3.12. The maximum absolute atomic E-state index is 15.5. The Bertz CT molecular complexity index is 1380. The SMILES string of the molecule is Cc1cc(C)c(NC(=O)c2cn3c4c(c(N5CC[NH+](C)CC5)c(F)cc4c2=O)OC[C@H]3C)c(C)c1. The molecule has 1 aromatic heterocycles. The molecule has 184 valence electrons. The second kappa shape index (κ2) is 8.68. The number of quaternary nitrogens is 1. The number of ether oxygens (including phenoxy) is 1. The Kier molecular flexibility index (Phi) is 5.79. The van der Waals surface area contributed by atoms with E-state index in [1.165, 1.54) is 11.0 Å². The van der Waals surface area contributed by atoms with Crippen LogP contribution in [0.4, 0.5) is 15.8 Å². The third kappa shape index (κ3) is 3.95. The molecule has 0 unspecified atom stereocenters. The molecule has 1 saturated heterocycles. The van der Waals surface area contributed by atoms with E-state index < -0.39 is 17.2 Å². The van der Waals surface area contributed by atoms with E-state index in [-0.39, 0.29) is 17.0 Å². The quantitative estimate of drug-likeness (QED) is 0.606. The molecule has 7 nitrogen and oxygen atoms in total. The zero-order valence-electron chi connectivity index (χ0n) is 20.9. The first-order valence-corrected chi connectivity index (χ1v) is 12.1. The number of pyridine rings is 1. The number of aromatic nitrogens is 1. The molecular formula is C27H32FN4O3+. The van der Waals surface area contributed by atoms with Gasteiger partial charge in [0, 0.05) is 11.9 Å². The number of piperazine rings is 1.